The first-order valence-corrected chi connectivity index (χ1v) is 8.66. The molecule has 1 aromatic carbocycles. The Kier molecular flexibility index (Phi) is 3.28. The summed E-state index contributed by atoms with van der Waals surface area (Å²) in [5, 5.41) is 2.86. The van der Waals surface area contributed by atoms with Gasteiger partial charge in [0.2, 0.25) is 5.91 Å². The molecule has 2 saturated heterocycles. The number of pyridine rings is 1. The maximum Gasteiger partial charge on any atom is 0.255 e. The molecule has 130 valence electrons. The average Bonchev–Trinajstić information content (AvgIpc) is 3.37. The van der Waals surface area contributed by atoms with Crippen molar-refractivity contribution in [3.8, 4) is 5.69 Å². The number of nitrogens with zero attached hydrogens (tertiary/aromatic N) is 4. The Morgan fingerprint density at radius 1 is 1.15 bits per heavy atom. The van der Waals surface area contributed by atoms with Gasteiger partial charge in [-0.15, -0.1) is 0 Å². The number of amides is 2. The number of aromatic nitrogens is 3. The summed E-state index contributed by atoms with van der Waals surface area (Å²) in [6.07, 6.45) is 3.31. The van der Waals surface area contributed by atoms with Crippen LogP contribution in [0, 0.1) is 11.8 Å². The molecule has 7 heteroatoms. The van der Waals surface area contributed by atoms with Gasteiger partial charge in [0.05, 0.1) is 11.5 Å². The van der Waals surface area contributed by atoms with Crippen molar-refractivity contribution < 1.29 is 9.59 Å². The number of likely N-dealkylation sites (tertiary alicyclic amines) is 1. The smallest absolute Gasteiger partial charge is 0.255 e. The van der Waals surface area contributed by atoms with Crippen molar-refractivity contribution in [3.63, 3.8) is 0 Å². The normalized spacial score (nSPS) is 21.8. The van der Waals surface area contributed by atoms with E-state index in [4.69, 9.17) is 0 Å². The van der Waals surface area contributed by atoms with E-state index in [9.17, 15) is 9.59 Å². The summed E-state index contributed by atoms with van der Waals surface area (Å²) in [5.74, 6) is 0.115. The van der Waals surface area contributed by atoms with Crippen LogP contribution in [-0.4, -0.2) is 50.9 Å². The van der Waals surface area contributed by atoms with Crippen molar-refractivity contribution in [2.24, 2.45) is 11.8 Å². The highest BCUT2D eigenvalue weighted by molar-refractivity contribution is 5.97. The third-order valence-electron chi connectivity index (χ3n) is 5.27. The summed E-state index contributed by atoms with van der Waals surface area (Å²) in [5.41, 5.74) is 2.87. The van der Waals surface area contributed by atoms with Crippen LogP contribution < -0.4 is 5.32 Å². The van der Waals surface area contributed by atoms with Gasteiger partial charge in [-0.3, -0.25) is 14.2 Å². The summed E-state index contributed by atoms with van der Waals surface area (Å²) in [6, 6.07) is 11.6. The first-order valence-electron chi connectivity index (χ1n) is 8.66. The molecule has 0 spiro atoms. The van der Waals surface area contributed by atoms with Crippen LogP contribution in [0.4, 0.5) is 0 Å². The first-order chi connectivity index (χ1) is 12.7. The summed E-state index contributed by atoms with van der Waals surface area (Å²) in [4.78, 5) is 35.2. The number of fused-ring (bicyclic) bond motifs is 2. The van der Waals surface area contributed by atoms with Crippen LogP contribution in [0.1, 0.15) is 10.4 Å². The van der Waals surface area contributed by atoms with E-state index in [1.54, 1.807) is 23.5 Å². The minimum atomic E-state index is -0.0872. The van der Waals surface area contributed by atoms with E-state index in [2.05, 4.69) is 15.3 Å². The molecule has 1 N–H and O–H groups in total. The number of carbonyl (C=O) groups excluding carboxylic acids is 2. The van der Waals surface area contributed by atoms with Crippen LogP contribution in [0.5, 0.6) is 0 Å². The van der Waals surface area contributed by atoms with Crippen LogP contribution in [0.3, 0.4) is 0 Å². The van der Waals surface area contributed by atoms with Crippen molar-refractivity contribution >= 4 is 23.0 Å². The van der Waals surface area contributed by atoms with Crippen molar-refractivity contribution in [3.05, 3.63) is 54.5 Å². The Labute approximate surface area is 149 Å². The highest BCUT2D eigenvalue weighted by Gasteiger charge is 2.43. The molecule has 7 nitrogen and oxygen atoms in total. The quantitative estimate of drug-likeness (QED) is 0.756. The lowest BCUT2D eigenvalue weighted by Crippen LogP contribution is -2.33. The monoisotopic (exact) mass is 347 g/mol. The molecule has 2 atom stereocenters. The van der Waals surface area contributed by atoms with Gasteiger partial charge < -0.3 is 10.2 Å². The molecule has 2 fully saturated rings. The lowest BCUT2D eigenvalue weighted by molar-refractivity contribution is -0.122. The van der Waals surface area contributed by atoms with Gasteiger partial charge in [-0.2, -0.15) is 0 Å². The molecule has 0 radical (unpaired) electrons. The van der Waals surface area contributed by atoms with Crippen LogP contribution in [0.15, 0.2) is 48.9 Å². The van der Waals surface area contributed by atoms with Gasteiger partial charge in [0.25, 0.3) is 5.91 Å². The number of rotatable bonds is 2. The van der Waals surface area contributed by atoms with Crippen molar-refractivity contribution in [1.29, 1.82) is 0 Å². The van der Waals surface area contributed by atoms with E-state index in [1.165, 1.54) is 0 Å². The Hall–Kier alpha value is -3.22. The molecule has 4 heterocycles. The number of hydrogen-bond donors (Lipinski definition) is 1. The Balaban J connectivity index is 1.44. The number of benzene rings is 1. The molecule has 2 aliphatic rings. The van der Waals surface area contributed by atoms with Crippen molar-refractivity contribution in [2.75, 3.05) is 19.6 Å². The Morgan fingerprint density at radius 2 is 2.00 bits per heavy atom. The van der Waals surface area contributed by atoms with Crippen molar-refractivity contribution in [1.82, 2.24) is 24.8 Å². The standard InChI is InChI=1S/C19H17N5O2/c25-18-15-10-23(9-13(15)8-21-18)19(26)12-6-16-17(20-7-12)24(11-22-16)14-4-2-1-3-5-14/h1-7,11,13,15H,8-10H2,(H,21,25)/t13-,15+/m0/s1. The van der Waals surface area contributed by atoms with Gasteiger partial charge in [-0.05, 0) is 18.2 Å². The lowest BCUT2D eigenvalue weighted by atomic mass is 10.0. The summed E-state index contributed by atoms with van der Waals surface area (Å²) >= 11 is 0. The molecule has 2 aromatic heterocycles. The molecule has 0 bridgehead atoms. The van der Waals surface area contributed by atoms with Gasteiger partial charge in [-0.25, -0.2) is 9.97 Å². The van der Waals surface area contributed by atoms with E-state index in [0.29, 0.717) is 36.4 Å². The molecule has 0 saturated carbocycles. The lowest BCUT2D eigenvalue weighted by Gasteiger charge is -2.17. The number of imidazole rings is 1. The summed E-state index contributed by atoms with van der Waals surface area (Å²) in [6.45, 7) is 1.75. The van der Waals surface area contributed by atoms with E-state index < -0.39 is 0 Å². The maximum absolute atomic E-state index is 12.8. The molecule has 26 heavy (non-hydrogen) atoms. The molecule has 2 amide bonds. The van der Waals surface area contributed by atoms with Gasteiger partial charge >= 0.3 is 0 Å². The Bertz CT molecular complexity index is 1010. The minimum absolute atomic E-state index is 0.0560. The second kappa shape index (κ2) is 5.66. The molecule has 2 aliphatic heterocycles. The molecule has 3 aromatic rings. The highest BCUT2D eigenvalue weighted by Crippen LogP contribution is 2.28. The van der Waals surface area contributed by atoms with Crippen LogP contribution in [-0.2, 0) is 4.79 Å². The molecule has 0 unspecified atom stereocenters. The number of hydrogen-bond acceptors (Lipinski definition) is 4. The predicted octanol–water partition coefficient (Wildman–Crippen LogP) is 1.24. The van der Waals surface area contributed by atoms with Crippen molar-refractivity contribution in [2.45, 2.75) is 0 Å². The first kappa shape index (κ1) is 15.1. The SMILES string of the molecule is O=C1NC[C@H]2CN(C(=O)c3cnc4c(c3)ncn4-c3ccccc3)C[C@@H]12. The average molecular weight is 347 g/mol. The predicted molar refractivity (Wildman–Crippen MR) is 94.8 cm³/mol. The molecular formula is C19H17N5O2. The van der Waals surface area contributed by atoms with Gasteiger partial charge in [0.1, 0.15) is 11.8 Å². The van der Waals surface area contributed by atoms with E-state index in [-0.39, 0.29) is 23.7 Å². The zero-order valence-corrected chi connectivity index (χ0v) is 14.0. The second-order valence-corrected chi connectivity index (χ2v) is 6.84. The number of nitrogens with one attached hydrogen (secondary N) is 1. The summed E-state index contributed by atoms with van der Waals surface area (Å²) in [7, 11) is 0. The molecule has 5 rings (SSSR count). The van der Waals surface area contributed by atoms with Crippen LogP contribution in [0.25, 0.3) is 16.9 Å². The largest absolute Gasteiger partial charge is 0.355 e. The third-order valence-corrected chi connectivity index (χ3v) is 5.27. The zero-order chi connectivity index (χ0) is 17.7. The minimum Gasteiger partial charge on any atom is -0.355 e. The zero-order valence-electron chi connectivity index (χ0n) is 14.0. The van der Waals surface area contributed by atoms with Gasteiger partial charge in [0, 0.05) is 37.4 Å². The fraction of sp³-hybridized carbons (Fsp3) is 0.263. The van der Waals surface area contributed by atoms with E-state index in [0.717, 1.165) is 5.69 Å². The Morgan fingerprint density at radius 3 is 2.81 bits per heavy atom. The third kappa shape index (κ3) is 2.28. The molecular weight excluding hydrogens is 330 g/mol. The van der Waals surface area contributed by atoms with Gasteiger partial charge in [0.15, 0.2) is 5.65 Å². The second-order valence-electron chi connectivity index (χ2n) is 6.84. The highest BCUT2D eigenvalue weighted by atomic mass is 16.2. The van der Waals surface area contributed by atoms with E-state index in [1.807, 2.05) is 34.9 Å². The maximum atomic E-state index is 12.8. The topological polar surface area (TPSA) is 80.1 Å². The number of carbonyl (C=O) groups is 2. The number of para-hydroxylation sites is 1. The van der Waals surface area contributed by atoms with Crippen LogP contribution in [0.2, 0.25) is 0 Å². The summed E-state index contributed by atoms with van der Waals surface area (Å²) < 4.78 is 1.90. The van der Waals surface area contributed by atoms with Gasteiger partial charge in [-0.1, -0.05) is 18.2 Å². The van der Waals surface area contributed by atoms with Crippen LogP contribution >= 0.6 is 0 Å². The van der Waals surface area contributed by atoms with E-state index >= 15 is 0 Å². The fourth-order valence-corrected chi connectivity index (χ4v) is 3.88. The molecule has 0 aliphatic carbocycles. The fourth-order valence-electron chi connectivity index (χ4n) is 3.88.